The lowest BCUT2D eigenvalue weighted by atomic mass is 10.1. The lowest BCUT2D eigenvalue weighted by molar-refractivity contribution is 0.102. The maximum atomic E-state index is 11.9. The van der Waals surface area contributed by atoms with E-state index < -0.39 is 0 Å². The zero-order valence-corrected chi connectivity index (χ0v) is 13.3. The molecule has 0 spiro atoms. The molecule has 0 aliphatic heterocycles. The second-order valence-corrected chi connectivity index (χ2v) is 6.00. The number of thiophene rings is 1. The number of anilines is 2. The number of Topliss-reactive ketones (excluding diaryl/α,β-unsaturated/α-hetero) is 1. The van der Waals surface area contributed by atoms with Gasteiger partial charge in [0.2, 0.25) is 0 Å². The monoisotopic (exact) mass is 327 g/mol. The van der Waals surface area contributed by atoms with Gasteiger partial charge in [0.25, 0.3) is 0 Å². The largest absolute Gasteiger partial charge is 0.355 e. The summed E-state index contributed by atoms with van der Waals surface area (Å²) in [5, 5.41) is 5.35. The number of carbonyl (C=O) groups excluding carboxylic acids is 1. The van der Waals surface area contributed by atoms with Crippen molar-refractivity contribution < 1.29 is 4.79 Å². The molecule has 0 amide bonds. The lowest BCUT2D eigenvalue weighted by Crippen LogP contribution is -2.04. The molecule has 1 aromatic heterocycles. The van der Waals surface area contributed by atoms with Crippen LogP contribution in [0.1, 0.15) is 10.4 Å². The number of carbonyl (C=O) groups is 1. The molecular weight excluding hydrogens is 314 g/mol. The summed E-state index contributed by atoms with van der Waals surface area (Å²) < 4.78 is 0. The van der Waals surface area contributed by atoms with Crippen molar-refractivity contribution in [2.75, 3.05) is 11.2 Å². The van der Waals surface area contributed by atoms with E-state index in [4.69, 9.17) is 11.6 Å². The minimum absolute atomic E-state index is 0.0178. The van der Waals surface area contributed by atoms with Crippen LogP contribution in [0.25, 0.3) is 10.4 Å². The van der Waals surface area contributed by atoms with E-state index in [1.54, 1.807) is 17.4 Å². The molecule has 110 valence electrons. The molecule has 0 saturated carbocycles. The van der Waals surface area contributed by atoms with Gasteiger partial charge in [-0.1, -0.05) is 30.3 Å². The number of alkyl halides is 1. The second kappa shape index (κ2) is 6.77. The van der Waals surface area contributed by atoms with Crippen molar-refractivity contribution in [1.29, 1.82) is 0 Å². The van der Waals surface area contributed by atoms with Crippen molar-refractivity contribution in [1.82, 2.24) is 0 Å². The highest BCUT2D eigenvalue weighted by Crippen LogP contribution is 2.27. The van der Waals surface area contributed by atoms with Gasteiger partial charge in [0.05, 0.1) is 5.88 Å². The van der Waals surface area contributed by atoms with E-state index in [1.165, 1.54) is 10.4 Å². The molecule has 0 unspecified atom stereocenters. The summed E-state index contributed by atoms with van der Waals surface area (Å²) in [6, 6.07) is 19.7. The van der Waals surface area contributed by atoms with E-state index in [9.17, 15) is 4.79 Å². The molecule has 1 N–H and O–H groups in total. The zero-order chi connectivity index (χ0) is 15.4. The first-order valence-electron chi connectivity index (χ1n) is 6.87. The van der Waals surface area contributed by atoms with Crippen molar-refractivity contribution in [2.45, 2.75) is 0 Å². The number of hydrogen-bond acceptors (Lipinski definition) is 3. The molecule has 3 rings (SSSR count). The average molecular weight is 328 g/mol. The van der Waals surface area contributed by atoms with Crippen LogP contribution in [0.2, 0.25) is 0 Å². The average Bonchev–Trinajstić information content (AvgIpc) is 3.10. The highest BCUT2D eigenvalue weighted by Gasteiger charge is 2.09. The predicted molar refractivity (Wildman–Crippen MR) is 94.5 cm³/mol. The third kappa shape index (κ3) is 3.21. The summed E-state index contributed by atoms with van der Waals surface area (Å²) >= 11 is 7.38. The van der Waals surface area contributed by atoms with Crippen LogP contribution in [-0.4, -0.2) is 11.7 Å². The van der Waals surface area contributed by atoms with E-state index >= 15 is 0 Å². The molecular formula is C18H14ClNOS. The van der Waals surface area contributed by atoms with E-state index in [1.807, 2.05) is 36.4 Å². The van der Waals surface area contributed by atoms with E-state index in [-0.39, 0.29) is 11.7 Å². The van der Waals surface area contributed by atoms with Gasteiger partial charge in [-0.2, -0.15) is 0 Å². The first-order valence-corrected chi connectivity index (χ1v) is 8.28. The quantitative estimate of drug-likeness (QED) is 0.489. The Morgan fingerprint density at radius 2 is 1.77 bits per heavy atom. The van der Waals surface area contributed by atoms with Gasteiger partial charge < -0.3 is 5.32 Å². The van der Waals surface area contributed by atoms with Gasteiger partial charge in [-0.05, 0) is 41.3 Å². The number of benzene rings is 2. The Bertz CT molecular complexity index is 766. The van der Waals surface area contributed by atoms with Gasteiger partial charge in [0.15, 0.2) is 5.78 Å². The fourth-order valence-electron chi connectivity index (χ4n) is 2.22. The van der Waals surface area contributed by atoms with Crippen LogP contribution >= 0.6 is 22.9 Å². The van der Waals surface area contributed by atoms with Crippen LogP contribution in [0.5, 0.6) is 0 Å². The second-order valence-electron chi connectivity index (χ2n) is 4.78. The van der Waals surface area contributed by atoms with Crippen molar-refractivity contribution in [2.24, 2.45) is 0 Å². The SMILES string of the molecule is O=C(CCl)c1ccccc1Nc1ccc(-c2cccs2)cc1. The Balaban J connectivity index is 1.83. The number of halogens is 1. The normalized spacial score (nSPS) is 10.4. The first-order chi connectivity index (χ1) is 10.8. The summed E-state index contributed by atoms with van der Waals surface area (Å²) in [5.41, 5.74) is 3.51. The number of rotatable bonds is 5. The van der Waals surface area contributed by atoms with Gasteiger partial charge >= 0.3 is 0 Å². The summed E-state index contributed by atoms with van der Waals surface area (Å²) in [5.74, 6) is -0.101. The molecule has 4 heteroatoms. The number of para-hydroxylation sites is 1. The van der Waals surface area contributed by atoms with Crippen LogP contribution in [0.3, 0.4) is 0 Å². The minimum Gasteiger partial charge on any atom is -0.355 e. The highest BCUT2D eigenvalue weighted by atomic mass is 35.5. The van der Waals surface area contributed by atoms with Crippen molar-refractivity contribution >= 4 is 40.1 Å². The molecule has 3 aromatic rings. The summed E-state index contributed by atoms with van der Waals surface area (Å²) in [7, 11) is 0. The minimum atomic E-state index is -0.0834. The number of nitrogens with one attached hydrogen (secondary N) is 1. The van der Waals surface area contributed by atoms with Crippen molar-refractivity contribution in [3.8, 4) is 10.4 Å². The van der Waals surface area contributed by atoms with Crippen molar-refractivity contribution in [3.05, 3.63) is 71.6 Å². The van der Waals surface area contributed by atoms with E-state index in [0.29, 0.717) is 5.56 Å². The summed E-state index contributed by atoms with van der Waals surface area (Å²) in [4.78, 5) is 13.1. The third-order valence-corrected chi connectivity index (χ3v) is 4.48. The van der Waals surface area contributed by atoms with Gasteiger partial charge in [-0.15, -0.1) is 22.9 Å². The molecule has 0 aliphatic carbocycles. The van der Waals surface area contributed by atoms with Crippen LogP contribution in [0, 0.1) is 0 Å². The molecule has 0 aliphatic rings. The fourth-order valence-corrected chi connectivity index (χ4v) is 3.10. The molecule has 1 heterocycles. The molecule has 0 bridgehead atoms. The van der Waals surface area contributed by atoms with E-state index in [2.05, 4.69) is 28.9 Å². The Hall–Kier alpha value is -2.10. The summed E-state index contributed by atoms with van der Waals surface area (Å²) in [6.45, 7) is 0. The first kappa shape index (κ1) is 14.8. The lowest BCUT2D eigenvalue weighted by Gasteiger charge is -2.11. The maximum absolute atomic E-state index is 11.9. The zero-order valence-electron chi connectivity index (χ0n) is 11.8. The van der Waals surface area contributed by atoms with Crippen molar-refractivity contribution in [3.63, 3.8) is 0 Å². The standard InChI is InChI=1S/C18H14ClNOS/c19-12-17(21)15-4-1-2-5-16(15)20-14-9-7-13(8-10-14)18-6-3-11-22-18/h1-11,20H,12H2. The van der Waals surface area contributed by atoms with Crippen LogP contribution < -0.4 is 5.32 Å². The Morgan fingerprint density at radius 3 is 2.45 bits per heavy atom. The molecule has 0 radical (unpaired) electrons. The van der Waals surface area contributed by atoms with E-state index in [0.717, 1.165) is 11.4 Å². The number of ketones is 1. The Kier molecular flexibility index (Phi) is 4.56. The van der Waals surface area contributed by atoms with Crippen LogP contribution in [0.15, 0.2) is 66.0 Å². The topological polar surface area (TPSA) is 29.1 Å². The van der Waals surface area contributed by atoms with Crippen LogP contribution in [-0.2, 0) is 0 Å². The van der Waals surface area contributed by atoms with Gasteiger partial charge in [-0.25, -0.2) is 0 Å². The smallest absolute Gasteiger partial charge is 0.179 e. The van der Waals surface area contributed by atoms with Crippen LogP contribution in [0.4, 0.5) is 11.4 Å². The molecule has 0 fully saturated rings. The number of hydrogen-bond donors (Lipinski definition) is 1. The molecule has 0 atom stereocenters. The van der Waals surface area contributed by atoms with Gasteiger partial charge in [-0.3, -0.25) is 4.79 Å². The molecule has 2 aromatic carbocycles. The Morgan fingerprint density at radius 1 is 1.00 bits per heavy atom. The Labute approximate surface area is 138 Å². The third-order valence-electron chi connectivity index (χ3n) is 3.32. The fraction of sp³-hybridized carbons (Fsp3) is 0.0556. The molecule has 22 heavy (non-hydrogen) atoms. The predicted octanol–water partition coefficient (Wildman–Crippen LogP) is 5.58. The summed E-state index contributed by atoms with van der Waals surface area (Å²) in [6.07, 6.45) is 0. The molecule has 2 nitrogen and oxygen atoms in total. The highest BCUT2D eigenvalue weighted by molar-refractivity contribution is 7.13. The maximum Gasteiger partial charge on any atom is 0.179 e. The van der Waals surface area contributed by atoms with Gasteiger partial charge in [0, 0.05) is 21.8 Å². The van der Waals surface area contributed by atoms with Gasteiger partial charge in [0.1, 0.15) is 0 Å². The molecule has 0 saturated heterocycles.